The number of nitrogens with zero attached hydrogens (tertiary/aromatic N) is 3. The normalized spacial score (nSPS) is 15.1. The maximum Gasteiger partial charge on any atom is 0.233 e. The number of aryl methyl sites for hydroxylation is 1. The van der Waals surface area contributed by atoms with Crippen molar-refractivity contribution in [1.82, 2.24) is 14.8 Å². The van der Waals surface area contributed by atoms with Crippen LogP contribution in [0.15, 0.2) is 79.1 Å². The number of halogens is 1. The molecule has 6 heteroatoms. The van der Waals surface area contributed by atoms with Crippen molar-refractivity contribution in [2.45, 2.75) is 37.6 Å². The third-order valence-corrected chi connectivity index (χ3v) is 6.74. The van der Waals surface area contributed by atoms with Crippen LogP contribution in [0.25, 0.3) is 0 Å². The number of pyridine rings is 1. The van der Waals surface area contributed by atoms with Crippen molar-refractivity contribution in [2.75, 3.05) is 20.1 Å². The van der Waals surface area contributed by atoms with Gasteiger partial charge in [0.05, 0.1) is 5.41 Å². The van der Waals surface area contributed by atoms with Crippen LogP contribution in [0.3, 0.4) is 0 Å². The van der Waals surface area contributed by atoms with E-state index in [9.17, 15) is 14.0 Å². The second kappa shape index (κ2) is 10.6. The standard InChI is InChI=1S/C28H30FN3O2/c1-31(21-23-6-5-17-30-20-23)27(34)28(24-7-3-2-4-8-24)15-18-32(19-16-28)26(33)14-11-22-9-12-25(29)13-10-22/h2-10,12-13,17,20H,11,14-16,18-19,21H2,1H3. The lowest BCUT2D eigenvalue weighted by Crippen LogP contribution is -2.53. The lowest BCUT2D eigenvalue weighted by molar-refractivity contribution is -0.142. The zero-order chi connectivity index (χ0) is 24.0. The lowest BCUT2D eigenvalue weighted by Gasteiger charge is -2.43. The van der Waals surface area contributed by atoms with Crippen LogP contribution in [0.2, 0.25) is 0 Å². The van der Waals surface area contributed by atoms with Crippen LogP contribution in [0.1, 0.15) is 36.0 Å². The summed E-state index contributed by atoms with van der Waals surface area (Å²) in [6.07, 6.45) is 5.61. The van der Waals surface area contributed by atoms with Gasteiger partial charge in [-0.2, -0.15) is 0 Å². The van der Waals surface area contributed by atoms with Crippen LogP contribution in [-0.4, -0.2) is 46.7 Å². The molecular weight excluding hydrogens is 429 g/mol. The molecule has 4 rings (SSSR count). The van der Waals surface area contributed by atoms with Gasteiger partial charge in [0.2, 0.25) is 11.8 Å². The van der Waals surface area contributed by atoms with Gasteiger partial charge < -0.3 is 9.80 Å². The molecule has 176 valence electrons. The molecular formula is C28H30FN3O2. The summed E-state index contributed by atoms with van der Waals surface area (Å²) in [6, 6.07) is 20.0. The number of likely N-dealkylation sites (N-methyl/N-ethyl adjacent to an activating group) is 1. The number of piperidine rings is 1. The Kier molecular flexibility index (Phi) is 7.36. The number of likely N-dealkylation sites (tertiary alicyclic amines) is 1. The van der Waals surface area contributed by atoms with E-state index in [0.29, 0.717) is 45.3 Å². The summed E-state index contributed by atoms with van der Waals surface area (Å²) in [6.45, 7) is 1.55. The second-order valence-electron chi connectivity index (χ2n) is 8.98. The Bertz CT molecular complexity index is 1100. The Morgan fingerprint density at radius 2 is 1.68 bits per heavy atom. The van der Waals surface area contributed by atoms with E-state index in [0.717, 1.165) is 16.7 Å². The van der Waals surface area contributed by atoms with Crippen LogP contribution in [0.4, 0.5) is 4.39 Å². The summed E-state index contributed by atoms with van der Waals surface area (Å²) in [4.78, 5) is 34.5. The lowest BCUT2D eigenvalue weighted by atomic mass is 9.71. The van der Waals surface area contributed by atoms with Crippen molar-refractivity contribution in [3.05, 3.63) is 102 Å². The summed E-state index contributed by atoms with van der Waals surface area (Å²) < 4.78 is 13.1. The van der Waals surface area contributed by atoms with Crippen molar-refractivity contribution in [1.29, 1.82) is 0 Å². The molecule has 2 aromatic carbocycles. The monoisotopic (exact) mass is 459 g/mol. The Morgan fingerprint density at radius 3 is 2.32 bits per heavy atom. The highest BCUT2D eigenvalue weighted by molar-refractivity contribution is 5.89. The molecule has 0 atom stereocenters. The third-order valence-electron chi connectivity index (χ3n) is 6.74. The van der Waals surface area contributed by atoms with Gasteiger partial charge in [0.1, 0.15) is 5.82 Å². The van der Waals surface area contributed by atoms with Crippen LogP contribution in [0.5, 0.6) is 0 Å². The number of carbonyl (C=O) groups is 2. The van der Waals surface area contributed by atoms with Gasteiger partial charge in [-0.25, -0.2) is 4.39 Å². The molecule has 1 aromatic heterocycles. The number of benzene rings is 2. The highest BCUT2D eigenvalue weighted by Gasteiger charge is 2.45. The van der Waals surface area contributed by atoms with Crippen LogP contribution in [-0.2, 0) is 28.0 Å². The summed E-state index contributed by atoms with van der Waals surface area (Å²) in [5.41, 5.74) is 2.26. The number of rotatable bonds is 7. The molecule has 0 spiro atoms. The molecule has 0 bridgehead atoms. The Labute approximate surface area is 200 Å². The van der Waals surface area contributed by atoms with Gasteiger partial charge >= 0.3 is 0 Å². The first-order valence-electron chi connectivity index (χ1n) is 11.7. The average Bonchev–Trinajstić information content (AvgIpc) is 2.89. The smallest absolute Gasteiger partial charge is 0.233 e. The Hall–Kier alpha value is -3.54. The van der Waals surface area contributed by atoms with Gasteiger partial charge in [0, 0.05) is 45.5 Å². The maximum atomic E-state index is 13.8. The highest BCUT2D eigenvalue weighted by atomic mass is 19.1. The van der Waals surface area contributed by atoms with E-state index in [1.165, 1.54) is 12.1 Å². The Morgan fingerprint density at radius 1 is 0.971 bits per heavy atom. The van der Waals surface area contributed by atoms with E-state index in [1.54, 1.807) is 29.4 Å². The topological polar surface area (TPSA) is 53.5 Å². The van der Waals surface area contributed by atoms with E-state index >= 15 is 0 Å². The molecule has 0 unspecified atom stereocenters. The predicted octanol–water partition coefficient (Wildman–Crippen LogP) is 4.37. The summed E-state index contributed by atoms with van der Waals surface area (Å²) in [7, 11) is 1.83. The van der Waals surface area contributed by atoms with Crippen molar-refractivity contribution in [3.8, 4) is 0 Å². The van der Waals surface area contributed by atoms with Gasteiger partial charge in [0.15, 0.2) is 0 Å². The zero-order valence-corrected chi connectivity index (χ0v) is 19.5. The largest absolute Gasteiger partial charge is 0.343 e. The maximum absolute atomic E-state index is 13.8. The fourth-order valence-electron chi connectivity index (χ4n) is 4.78. The molecule has 2 heterocycles. The summed E-state index contributed by atoms with van der Waals surface area (Å²) in [5, 5.41) is 0. The summed E-state index contributed by atoms with van der Waals surface area (Å²) >= 11 is 0. The molecule has 0 radical (unpaired) electrons. The quantitative estimate of drug-likeness (QED) is 0.527. The van der Waals surface area contributed by atoms with E-state index in [4.69, 9.17) is 0 Å². The molecule has 34 heavy (non-hydrogen) atoms. The van der Waals surface area contributed by atoms with Crippen molar-refractivity contribution in [2.24, 2.45) is 0 Å². The minimum absolute atomic E-state index is 0.0703. The molecule has 1 fully saturated rings. The van der Waals surface area contributed by atoms with Crippen LogP contribution < -0.4 is 0 Å². The molecule has 1 aliphatic heterocycles. The first kappa shape index (κ1) is 23.6. The number of hydrogen-bond acceptors (Lipinski definition) is 3. The minimum Gasteiger partial charge on any atom is -0.343 e. The number of hydrogen-bond donors (Lipinski definition) is 0. The van der Waals surface area contributed by atoms with Crippen molar-refractivity contribution in [3.63, 3.8) is 0 Å². The molecule has 0 saturated carbocycles. The first-order chi connectivity index (χ1) is 16.5. The second-order valence-corrected chi connectivity index (χ2v) is 8.98. The minimum atomic E-state index is -0.661. The molecule has 1 saturated heterocycles. The fraction of sp³-hybridized carbons (Fsp3) is 0.321. The number of amides is 2. The Balaban J connectivity index is 1.45. The van der Waals surface area contributed by atoms with E-state index in [-0.39, 0.29) is 17.6 Å². The summed E-state index contributed by atoms with van der Waals surface area (Å²) in [5.74, 6) is -0.135. The van der Waals surface area contributed by atoms with E-state index in [2.05, 4.69) is 4.98 Å². The van der Waals surface area contributed by atoms with Gasteiger partial charge in [-0.15, -0.1) is 0 Å². The molecule has 2 amide bonds. The predicted molar refractivity (Wildman–Crippen MR) is 129 cm³/mol. The fourth-order valence-corrected chi connectivity index (χ4v) is 4.78. The van der Waals surface area contributed by atoms with Crippen LogP contribution in [0, 0.1) is 5.82 Å². The highest BCUT2D eigenvalue weighted by Crippen LogP contribution is 2.37. The van der Waals surface area contributed by atoms with E-state index in [1.807, 2.05) is 54.4 Å². The van der Waals surface area contributed by atoms with Crippen molar-refractivity contribution >= 4 is 11.8 Å². The van der Waals surface area contributed by atoms with Gasteiger partial charge in [-0.05, 0) is 54.2 Å². The average molecular weight is 460 g/mol. The number of carbonyl (C=O) groups excluding carboxylic acids is 2. The first-order valence-corrected chi connectivity index (χ1v) is 11.7. The molecule has 0 aliphatic carbocycles. The molecule has 5 nitrogen and oxygen atoms in total. The van der Waals surface area contributed by atoms with Gasteiger partial charge in [0.25, 0.3) is 0 Å². The SMILES string of the molecule is CN(Cc1cccnc1)C(=O)C1(c2ccccc2)CCN(C(=O)CCc2ccc(F)cc2)CC1. The van der Waals surface area contributed by atoms with Crippen molar-refractivity contribution < 1.29 is 14.0 Å². The molecule has 0 N–H and O–H groups in total. The number of aromatic nitrogens is 1. The third kappa shape index (κ3) is 5.33. The molecule has 1 aliphatic rings. The van der Waals surface area contributed by atoms with Gasteiger partial charge in [-0.1, -0.05) is 48.5 Å². The zero-order valence-electron chi connectivity index (χ0n) is 19.5. The van der Waals surface area contributed by atoms with Gasteiger partial charge in [-0.3, -0.25) is 14.6 Å². The molecule has 3 aromatic rings. The van der Waals surface area contributed by atoms with Crippen LogP contribution >= 0.6 is 0 Å². The van der Waals surface area contributed by atoms with E-state index < -0.39 is 5.41 Å².